The lowest BCUT2D eigenvalue weighted by molar-refractivity contribution is 0.390. The highest BCUT2D eigenvalue weighted by Gasteiger charge is 2.10. The van der Waals surface area contributed by atoms with Crippen LogP contribution in [0.4, 0.5) is 0 Å². The molecule has 2 rings (SSSR count). The van der Waals surface area contributed by atoms with Gasteiger partial charge in [-0.1, -0.05) is 5.16 Å². The summed E-state index contributed by atoms with van der Waals surface area (Å²) in [5.74, 6) is 0.891. The lowest BCUT2D eigenvalue weighted by Gasteiger charge is -2.13. The van der Waals surface area contributed by atoms with E-state index in [2.05, 4.69) is 22.5 Å². The van der Waals surface area contributed by atoms with Gasteiger partial charge in [-0.3, -0.25) is 4.68 Å². The maximum absolute atomic E-state index is 5.14. The van der Waals surface area contributed by atoms with Crippen LogP contribution < -0.4 is 5.32 Å². The highest BCUT2D eigenvalue weighted by Crippen LogP contribution is 2.11. The molecule has 18 heavy (non-hydrogen) atoms. The van der Waals surface area contributed by atoms with E-state index in [1.165, 1.54) is 5.56 Å². The molecule has 0 fully saturated rings. The highest BCUT2D eigenvalue weighted by atomic mass is 16.5. The van der Waals surface area contributed by atoms with Crippen molar-refractivity contribution in [2.24, 2.45) is 0 Å². The molecule has 0 aliphatic carbocycles. The maximum atomic E-state index is 5.14. The van der Waals surface area contributed by atoms with Crippen LogP contribution >= 0.6 is 0 Å². The fraction of sp³-hybridized carbons (Fsp3) is 0.538. The van der Waals surface area contributed by atoms with E-state index in [0.717, 1.165) is 30.1 Å². The summed E-state index contributed by atoms with van der Waals surface area (Å²) in [6.07, 6.45) is 3.93. The Kier molecular flexibility index (Phi) is 3.81. The first-order chi connectivity index (χ1) is 8.56. The molecule has 2 heterocycles. The topological polar surface area (TPSA) is 55.9 Å². The Bertz CT molecular complexity index is 495. The Hall–Kier alpha value is -1.62. The van der Waals surface area contributed by atoms with Crippen molar-refractivity contribution in [2.75, 3.05) is 0 Å². The normalized spacial score (nSPS) is 12.9. The second kappa shape index (κ2) is 5.35. The van der Waals surface area contributed by atoms with Crippen LogP contribution in [0.1, 0.15) is 29.5 Å². The molecule has 0 saturated heterocycles. The van der Waals surface area contributed by atoms with E-state index in [1.807, 2.05) is 37.8 Å². The summed E-state index contributed by atoms with van der Waals surface area (Å²) < 4.78 is 7.10. The summed E-state index contributed by atoms with van der Waals surface area (Å²) in [7, 11) is 0. The average molecular weight is 248 g/mol. The molecule has 5 heteroatoms. The quantitative estimate of drug-likeness (QED) is 0.879. The predicted molar refractivity (Wildman–Crippen MR) is 69.2 cm³/mol. The standard InChI is InChI=1S/C13H20N4O/c1-9-5-15-17(7-9)8-10(2)14-6-13-11(3)16-18-12(13)4/h5,7,10,14H,6,8H2,1-4H3/t10-/m1/s1. The molecular weight excluding hydrogens is 228 g/mol. The fourth-order valence-electron chi connectivity index (χ4n) is 1.94. The Morgan fingerprint density at radius 2 is 2.17 bits per heavy atom. The van der Waals surface area contributed by atoms with Crippen molar-refractivity contribution in [3.05, 3.63) is 35.0 Å². The fourth-order valence-corrected chi connectivity index (χ4v) is 1.94. The minimum Gasteiger partial charge on any atom is -0.361 e. The molecular formula is C13H20N4O. The second-order valence-electron chi connectivity index (χ2n) is 4.82. The van der Waals surface area contributed by atoms with Gasteiger partial charge in [0, 0.05) is 24.3 Å². The third kappa shape index (κ3) is 2.98. The molecule has 0 aliphatic heterocycles. The van der Waals surface area contributed by atoms with Crippen LogP contribution in [-0.2, 0) is 13.1 Å². The number of aryl methyl sites for hydroxylation is 3. The van der Waals surface area contributed by atoms with Crippen molar-refractivity contribution in [1.82, 2.24) is 20.3 Å². The second-order valence-corrected chi connectivity index (χ2v) is 4.82. The van der Waals surface area contributed by atoms with E-state index in [0.29, 0.717) is 6.04 Å². The summed E-state index contributed by atoms with van der Waals surface area (Å²) in [4.78, 5) is 0. The number of hydrogen-bond acceptors (Lipinski definition) is 4. The van der Waals surface area contributed by atoms with E-state index in [1.54, 1.807) is 0 Å². The molecule has 1 atom stereocenters. The molecule has 98 valence electrons. The minimum absolute atomic E-state index is 0.345. The van der Waals surface area contributed by atoms with Gasteiger partial charge in [0.1, 0.15) is 5.76 Å². The largest absolute Gasteiger partial charge is 0.361 e. The molecule has 0 aliphatic rings. The molecule has 0 radical (unpaired) electrons. The van der Waals surface area contributed by atoms with E-state index >= 15 is 0 Å². The van der Waals surface area contributed by atoms with E-state index in [9.17, 15) is 0 Å². The van der Waals surface area contributed by atoms with Crippen LogP contribution in [0.5, 0.6) is 0 Å². The van der Waals surface area contributed by atoms with Crippen LogP contribution in [0, 0.1) is 20.8 Å². The monoisotopic (exact) mass is 248 g/mol. The zero-order chi connectivity index (χ0) is 13.1. The van der Waals surface area contributed by atoms with Gasteiger partial charge < -0.3 is 9.84 Å². The van der Waals surface area contributed by atoms with Crippen LogP contribution in [-0.4, -0.2) is 21.0 Å². The Morgan fingerprint density at radius 3 is 2.72 bits per heavy atom. The van der Waals surface area contributed by atoms with E-state index < -0.39 is 0 Å². The van der Waals surface area contributed by atoms with Crippen molar-refractivity contribution >= 4 is 0 Å². The van der Waals surface area contributed by atoms with Gasteiger partial charge in [-0.05, 0) is 33.3 Å². The smallest absolute Gasteiger partial charge is 0.138 e. The zero-order valence-corrected chi connectivity index (χ0v) is 11.4. The first-order valence-corrected chi connectivity index (χ1v) is 6.20. The van der Waals surface area contributed by atoms with E-state index in [4.69, 9.17) is 4.52 Å². The lowest BCUT2D eigenvalue weighted by Crippen LogP contribution is -2.30. The van der Waals surface area contributed by atoms with Gasteiger partial charge in [0.05, 0.1) is 18.4 Å². The number of hydrogen-bond donors (Lipinski definition) is 1. The van der Waals surface area contributed by atoms with Crippen LogP contribution in [0.25, 0.3) is 0 Å². The van der Waals surface area contributed by atoms with Crippen LogP contribution in [0.3, 0.4) is 0 Å². The molecule has 0 amide bonds. The molecule has 0 spiro atoms. The summed E-state index contributed by atoms with van der Waals surface area (Å²) in [5.41, 5.74) is 3.30. The molecule has 0 saturated carbocycles. The predicted octanol–water partition coefficient (Wildman–Crippen LogP) is 1.97. The third-order valence-electron chi connectivity index (χ3n) is 3.03. The van der Waals surface area contributed by atoms with Gasteiger partial charge in [-0.2, -0.15) is 5.10 Å². The first-order valence-electron chi connectivity index (χ1n) is 6.20. The van der Waals surface area contributed by atoms with Gasteiger partial charge in [0.2, 0.25) is 0 Å². The lowest BCUT2D eigenvalue weighted by atomic mass is 10.2. The molecule has 0 bridgehead atoms. The third-order valence-corrected chi connectivity index (χ3v) is 3.03. The Morgan fingerprint density at radius 1 is 1.39 bits per heavy atom. The first kappa shape index (κ1) is 12.8. The summed E-state index contributed by atoms with van der Waals surface area (Å²) >= 11 is 0. The van der Waals surface area contributed by atoms with Crippen LogP contribution in [0.15, 0.2) is 16.9 Å². The molecule has 0 unspecified atom stereocenters. The molecule has 2 aromatic heterocycles. The Labute approximate surface area is 107 Å². The molecule has 0 aromatic carbocycles. The minimum atomic E-state index is 0.345. The summed E-state index contributed by atoms with van der Waals surface area (Å²) in [6.45, 7) is 9.74. The van der Waals surface area contributed by atoms with Gasteiger partial charge in [-0.25, -0.2) is 0 Å². The number of aromatic nitrogens is 3. The highest BCUT2D eigenvalue weighted by molar-refractivity contribution is 5.20. The van der Waals surface area contributed by atoms with E-state index in [-0.39, 0.29) is 0 Å². The SMILES string of the molecule is Cc1cnn(C[C@@H](C)NCc2c(C)noc2C)c1. The number of nitrogens with one attached hydrogen (secondary N) is 1. The Balaban J connectivity index is 1.87. The average Bonchev–Trinajstić information content (AvgIpc) is 2.84. The van der Waals surface area contributed by atoms with Gasteiger partial charge in [0.25, 0.3) is 0 Å². The van der Waals surface area contributed by atoms with Crippen molar-refractivity contribution in [2.45, 2.75) is 46.8 Å². The van der Waals surface area contributed by atoms with Crippen molar-refractivity contribution in [3.63, 3.8) is 0 Å². The number of rotatable bonds is 5. The van der Waals surface area contributed by atoms with Gasteiger partial charge in [-0.15, -0.1) is 0 Å². The van der Waals surface area contributed by atoms with Crippen molar-refractivity contribution in [1.29, 1.82) is 0 Å². The molecule has 1 N–H and O–H groups in total. The van der Waals surface area contributed by atoms with Gasteiger partial charge in [0.15, 0.2) is 0 Å². The van der Waals surface area contributed by atoms with Crippen molar-refractivity contribution in [3.8, 4) is 0 Å². The molecule has 5 nitrogen and oxygen atoms in total. The maximum Gasteiger partial charge on any atom is 0.138 e. The van der Waals surface area contributed by atoms with Crippen LogP contribution in [0.2, 0.25) is 0 Å². The number of nitrogens with zero attached hydrogens (tertiary/aromatic N) is 3. The summed E-state index contributed by atoms with van der Waals surface area (Å²) in [6, 6.07) is 0.345. The van der Waals surface area contributed by atoms with Crippen molar-refractivity contribution < 1.29 is 4.52 Å². The zero-order valence-electron chi connectivity index (χ0n) is 11.4. The summed E-state index contributed by atoms with van der Waals surface area (Å²) in [5, 5.41) is 11.7. The van der Waals surface area contributed by atoms with Gasteiger partial charge >= 0.3 is 0 Å². The molecule has 2 aromatic rings.